The number of rotatable bonds is 5. The van der Waals surface area contributed by atoms with Crippen molar-refractivity contribution in [2.24, 2.45) is 0 Å². The fraction of sp³-hybridized carbons (Fsp3) is 0.571. The zero-order valence-electron chi connectivity index (χ0n) is 10.6. The Hall–Kier alpha value is -0.730. The lowest BCUT2D eigenvalue weighted by Gasteiger charge is -2.42. The molecular weight excluding hydrogens is 234 g/mol. The molecule has 0 heterocycles. The van der Waals surface area contributed by atoms with E-state index in [2.05, 4.69) is 12.2 Å². The van der Waals surface area contributed by atoms with E-state index in [0.717, 1.165) is 31.6 Å². The Morgan fingerprint density at radius 1 is 1.41 bits per heavy atom. The summed E-state index contributed by atoms with van der Waals surface area (Å²) in [6.07, 6.45) is 4.58. The van der Waals surface area contributed by atoms with E-state index in [4.69, 9.17) is 16.3 Å². The van der Waals surface area contributed by atoms with Crippen molar-refractivity contribution in [3.8, 4) is 5.75 Å². The van der Waals surface area contributed by atoms with Crippen molar-refractivity contribution in [3.63, 3.8) is 0 Å². The molecule has 17 heavy (non-hydrogen) atoms. The first kappa shape index (κ1) is 12.7. The van der Waals surface area contributed by atoms with Crippen LogP contribution >= 0.6 is 11.6 Å². The van der Waals surface area contributed by atoms with Crippen LogP contribution in [0.5, 0.6) is 5.75 Å². The van der Waals surface area contributed by atoms with Crippen LogP contribution in [-0.4, -0.2) is 19.2 Å². The van der Waals surface area contributed by atoms with Gasteiger partial charge in [-0.1, -0.05) is 17.7 Å². The number of benzene rings is 1. The molecule has 0 aromatic heterocycles. The number of ether oxygens (including phenoxy) is 1. The predicted molar refractivity (Wildman–Crippen MR) is 71.9 cm³/mol. The van der Waals surface area contributed by atoms with Gasteiger partial charge in [-0.3, -0.25) is 0 Å². The summed E-state index contributed by atoms with van der Waals surface area (Å²) in [4.78, 5) is 0. The molecule has 1 aliphatic carbocycles. The monoisotopic (exact) mass is 253 g/mol. The maximum atomic E-state index is 6.18. The van der Waals surface area contributed by atoms with Gasteiger partial charge in [-0.15, -0.1) is 0 Å². The molecule has 1 aromatic rings. The van der Waals surface area contributed by atoms with Gasteiger partial charge in [-0.05, 0) is 63.9 Å². The van der Waals surface area contributed by atoms with E-state index >= 15 is 0 Å². The lowest BCUT2D eigenvalue weighted by Crippen LogP contribution is -2.45. The van der Waals surface area contributed by atoms with Crippen LogP contribution in [0.15, 0.2) is 18.2 Å². The zero-order chi connectivity index (χ0) is 12.3. The van der Waals surface area contributed by atoms with Crippen molar-refractivity contribution in [3.05, 3.63) is 28.8 Å². The van der Waals surface area contributed by atoms with Gasteiger partial charge in [0.05, 0.1) is 5.02 Å². The van der Waals surface area contributed by atoms with Gasteiger partial charge in [0.25, 0.3) is 0 Å². The lowest BCUT2D eigenvalue weighted by atomic mass is 9.77. The summed E-state index contributed by atoms with van der Waals surface area (Å²) >= 11 is 6.18. The van der Waals surface area contributed by atoms with Crippen LogP contribution < -0.4 is 10.1 Å². The molecule has 0 saturated heterocycles. The molecule has 1 aliphatic rings. The highest BCUT2D eigenvalue weighted by Crippen LogP contribution is 2.41. The predicted octanol–water partition coefficient (Wildman–Crippen LogP) is 3.56. The SMILES string of the molecule is CNCCC1(Oc2cc(C)ccc2Cl)CCC1. The Kier molecular flexibility index (Phi) is 3.95. The topological polar surface area (TPSA) is 21.3 Å². The summed E-state index contributed by atoms with van der Waals surface area (Å²) in [5.41, 5.74) is 1.20. The molecule has 3 heteroatoms. The third kappa shape index (κ3) is 2.93. The van der Waals surface area contributed by atoms with Crippen molar-refractivity contribution >= 4 is 11.6 Å². The van der Waals surface area contributed by atoms with Crippen molar-refractivity contribution in [2.75, 3.05) is 13.6 Å². The van der Waals surface area contributed by atoms with Crippen LogP contribution in [0.2, 0.25) is 5.02 Å². The largest absolute Gasteiger partial charge is 0.486 e. The van der Waals surface area contributed by atoms with Crippen molar-refractivity contribution in [1.82, 2.24) is 5.32 Å². The van der Waals surface area contributed by atoms with Crippen LogP contribution in [0.4, 0.5) is 0 Å². The summed E-state index contributed by atoms with van der Waals surface area (Å²) in [6, 6.07) is 5.95. The molecule has 0 aliphatic heterocycles. The Bertz CT molecular complexity index is 388. The molecule has 0 radical (unpaired) electrons. The van der Waals surface area contributed by atoms with Gasteiger partial charge in [-0.2, -0.15) is 0 Å². The molecule has 94 valence electrons. The van der Waals surface area contributed by atoms with Crippen LogP contribution in [-0.2, 0) is 0 Å². The second-order valence-electron chi connectivity index (χ2n) is 4.93. The lowest BCUT2D eigenvalue weighted by molar-refractivity contribution is -0.0138. The van der Waals surface area contributed by atoms with Gasteiger partial charge in [0.1, 0.15) is 11.4 Å². The van der Waals surface area contributed by atoms with Gasteiger partial charge in [-0.25, -0.2) is 0 Å². The highest BCUT2D eigenvalue weighted by Gasteiger charge is 2.39. The van der Waals surface area contributed by atoms with Gasteiger partial charge in [0.15, 0.2) is 0 Å². The third-order valence-electron chi connectivity index (χ3n) is 3.51. The van der Waals surface area contributed by atoms with E-state index in [1.165, 1.54) is 12.0 Å². The average Bonchev–Trinajstić information content (AvgIpc) is 2.26. The molecule has 0 bridgehead atoms. The van der Waals surface area contributed by atoms with Crippen molar-refractivity contribution < 1.29 is 4.74 Å². The Morgan fingerprint density at radius 2 is 2.18 bits per heavy atom. The molecule has 1 fully saturated rings. The van der Waals surface area contributed by atoms with Gasteiger partial charge in [0, 0.05) is 0 Å². The summed E-state index contributed by atoms with van der Waals surface area (Å²) < 4.78 is 6.18. The van der Waals surface area contributed by atoms with E-state index in [-0.39, 0.29) is 5.60 Å². The average molecular weight is 254 g/mol. The first-order valence-corrected chi connectivity index (χ1v) is 6.63. The van der Waals surface area contributed by atoms with Crippen molar-refractivity contribution in [1.29, 1.82) is 0 Å². The van der Waals surface area contributed by atoms with E-state index in [9.17, 15) is 0 Å². The number of halogens is 1. The molecule has 0 atom stereocenters. The van der Waals surface area contributed by atoms with Gasteiger partial charge < -0.3 is 10.1 Å². The van der Waals surface area contributed by atoms with Gasteiger partial charge >= 0.3 is 0 Å². The van der Waals surface area contributed by atoms with E-state index in [1.54, 1.807) is 0 Å². The Balaban J connectivity index is 2.09. The highest BCUT2D eigenvalue weighted by molar-refractivity contribution is 6.32. The number of nitrogens with one attached hydrogen (secondary N) is 1. The quantitative estimate of drug-likeness (QED) is 0.866. The standard InChI is InChI=1S/C14H20ClNO/c1-11-4-5-12(15)13(10-11)17-14(6-3-7-14)8-9-16-2/h4-5,10,16H,3,6-9H2,1-2H3. The Labute approximate surface area is 108 Å². The second-order valence-corrected chi connectivity index (χ2v) is 5.33. The number of hydrogen-bond donors (Lipinski definition) is 1. The van der Waals surface area contributed by atoms with Crippen LogP contribution in [0, 0.1) is 6.92 Å². The number of hydrogen-bond acceptors (Lipinski definition) is 2. The fourth-order valence-corrected chi connectivity index (χ4v) is 2.41. The molecule has 2 nitrogen and oxygen atoms in total. The molecule has 0 unspecified atom stereocenters. The minimum absolute atomic E-state index is 0.0143. The summed E-state index contributed by atoms with van der Waals surface area (Å²) in [5.74, 6) is 0.836. The zero-order valence-corrected chi connectivity index (χ0v) is 11.3. The normalized spacial score (nSPS) is 17.6. The van der Waals surface area contributed by atoms with E-state index in [1.807, 2.05) is 25.2 Å². The third-order valence-corrected chi connectivity index (χ3v) is 3.82. The second kappa shape index (κ2) is 5.28. The fourth-order valence-electron chi connectivity index (χ4n) is 2.25. The Morgan fingerprint density at radius 3 is 2.76 bits per heavy atom. The minimum Gasteiger partial charge on any atom is -0.486 e. The van der Waals surface area contributed by atoms with Crippen LogP contribution in [0.25, 0.3) is 0 Å². The van der Waals surface area contributed by atoms with Crippen molar-refractivity contribution in [2.45, 2.75) is 38.2 Å². The molecule has 1 aromatic carbocycles. The molecule has 2 rings (SSSR count). The maximum absolute atomic E-state index is 6.18. The minimum atomic E-state index is 0.0143. The van der Waals surface area contributed by atoms with E-state index in [0.29, 0.717) is 5.02 Å². The molecule has 1 N–H and O–H groups in total. The summed E-state index contributed by atoms with van der Waals surface area (Å²) in [7, 11) is 1.98. The first-order valence-electron chi connectivity index (χ1n) is 6.25. The van der Waals surface area contributed by atoms with E-state index < -0.39 is 0 Å². The molecular formula is C14H20ClNO. The smallest absolute Gasteiger partial charge is 0.138 e. The number of aryl methyl sites for hydroxylation is 1. The summed E-state index contributed by atoms with van der Waals surface area (Å²) in [5, 5.41) is 3.90. The maximum Gasteiger partial charge on any atom is 0.138 e. The van der Waals surface area contributed by atoms with Crippen LogP contribution in [0.3, 0.4) is 0 Å². The molecule has 1 saturated carbocycles. The molecule has 0 spiro atoms. The molecule has 0 amide bonds. The summed E-state index contributed by atoms with van der Waals surface area (Å²) in [6.45, 7) is 3.05. The highest BCUT2D eigenvalue weighted by atomic mass is 35.5. The van der Waals surface area contributed by atoms with Crippen LogP contribution in [0.1, 0.15) is 31.2 Å². The van der Waals surface area contributed by atoms with Gasteiger partial charge in [0.2, 0.25) is 0 Å². The first-order chi connectivity index (χ1) is 8.15.